The van der Waals surface area contributed by atoms with E-state index < -0.39 is 0 Å². The summed E-state index contributed by atoms with van der Waals surface area (Å²) in [5.41, 5.74) is 0. The highest BCUT2D eigenvalue weighted by molar-refractivity contribution is 4.74. The van der Waals surface area contributed by atoms with E-state index in [1.54, 1.807) is 0 Å². The molecule has 0 amide bonds. The molecule has 1 aliphatic rings. The van der Waals surface area contributed by atoms with Gasteiger partial charge in [0.25, 0.3) is 0 Å². The van der Waals surface area contributed by atoms with Gasteiger partial charge < -0.3 is 4.74 Å². The van der Waals surface area contributed by atoms with Gasteiger partial charge in [-0.3, -0.25) is 0 Å². The third kappa shape index (κ3) is 2.01. The summed E-state index contributed by atoms with van der Waals surface area (Å²) < 4.78 is 5.09. The Kier molecular flexibility index (Phi) is 2.50. The molecule has 0 aromatic rings. The highest BCUT2D eigenvalue weighted by Gasteiger charge is 1.89. The molecule has 1 rings (SSSR count). The van der Waals surface area contributed by atoms with Gasteiger partial charge in [-0.15, -0.1) is 0 Å². The van der Waals surface area contributed by atoms with Gasteiger partial charge >= 0.3 is 0 Å². The largest absolute Gasteiger partial charge is 0.502 e. The molecule has 46 valence electrons. The van der Waals surface area contributed by atoms with E-state index in [1.165, 1.54) is 25.7 Å². The van der Waals surface area contributed by atoms with E-state index in [4.69, 9.17) is 4.74 Å². The van der Waals surface area contributed by atoms with E-state index in [0.29, 0.717) is 0 Å². The van der Waals surface area contributed by atoms with Crippen LogP contribution in [0.25, 0.3) is 0 Å². The van der Waals surface area contributed by atoms with E-state index >= 15 is 0 Å². The SMILES string of the molecule is C1=C\OCCCCC/1. The Balaban J connectivity index is 2.17. The van der Waals surface area contributed by atoms with Crippen molar-refractivity contribution in [2.24, 2.45) is 0 Å². The molecular formula is C7H12O. The van der Waals surface area contributed by atoms with Crippen LogP contribution in [0, 0.1) is 0 Å². The number of hydrogen-bond acceptors (Lipinski definition) is 1. The van der Waals surface area contributed by atoms with Gasteiger partial charge in [-0.1, -0.05) is 0 Å². The number of ether oxygens (including phenoxy) is 1. The average Bonchev–Trinajstić information content (AvgIpc) is 1.62. The number of allylic oxidation sites excluding steroid dienone is 1. The zero-order chi connectivity index (χ0) is 5.66. The molecule has 1 heteroatoms. The van der Waals surface area contributed by atoms with Crippen LogP contribution in [0.2, 0.25) is 0 Å². The third-order valence-corrected chi connectivity index (χ3v) is 1.33. The van der Waals surface area contributed by atoms with Gasteiger partial charge in [-0.05, 0) is 31.8 Å². The van der Waals surface area contributed by atoms with Crippen LogP contribution >= 0.6 is 0 Å². The Labute approximate surface area is 50.3 Å². The van der Waals surface area contributed by atoms with Gasteiger partial charge in [0.05, 0.1) is 12.9 Å². The summed E-state index contributed by atoms with van der Waals surface area (Å²) in [5, 5.41) is 0. The molecular weight excluding hydrogens is 100 g/mol. The lowest BCUT2D eigenvalue weighted by Gasteiger charge is -2.02. The molecule has 0 aromatic heterocycles. The normalized spacial score (nSPS) is 25.0. The smallest absolute Gasteiger partial charge is 0.0873 e. The Bertz CT molecular complexity index is 66.5. The van der Waals surface area contributed by atoms with Crippen LogP contribution in [0.15, 0.2) is 12.3 Å². The molecule has 0 fully saturated rings. The predicted molar refractivity (Wildman–Crippen MR) is 33.6 cm³/mol. The maximum Gasteiger partial charge on any atom is 0.0873 e. The maximum absolute atomic E-state index is 5.09. The molecule has 0 saturated heterocycles. The highest BCUT2D eigenvalue weighted by atomic mass is 16.5. The topological polar surface area (TPSA) is 9.23 Å². The quantitative estimate of drug-likeness (QED) is 0.466. The lowest BCUT2D eigenvalue weighted by atomic mass is 10.2. The van der Waals surface area contributed by atoms with Crippen molar-refractivity contribution in [3.05, 3.63) is 12.3 Å². The molecule has 0 saturated carbocycles. The van der Waals surface area contributed by atoms with Gasteiger partial charge in [0, 0.05) is 0 Å². The summed E-state index contributed by atoms with van der Waals surface area (Å²) in [4.78, 5) is 0. The van der Waals surface area contributed by atoms with E-state index in [-0.39, 0.29) is 0 Å². The first-order chi connectivity index (χ1) is 4.00. The minimum absolute atomic E-state index is 0.913. The molecule has 1 nitrogen and oxygen atoms in total. The Morgan fingerprint density at radius 1 is 1.12 bits per heavy atom. The fourth-order valence-corrected chi connectivity index (χ4v) is 0.828. The first kappa shape index (κ1) is 5.67. The van der Waals surface area contributed by atoms with Crippen molar-refractivity contribution in [1.82, 2.24) is 0 Å². The number of rotatable bonds is 0. The monoisotopic (exact) mass is 112 g/mol. The minimum atomic E-state index is 0.913. The molecule has 1 heterocycles. The van der Waals surface area contributed by atoms with Crippen LogP contribution in [0.4, 0.5) is 0 Å². The van der Waals surface area contributed by atoms with Gasteiger partial charge in [0.2, 0.25) is 0 Å². The third-order valence-electron chi connectivity index (χ3n) is 1.33. The first-order valence-corrected chi connectivity index (χ1v) is 3.27. The zero-order valence-electron chi connectivity index (χ0n) is 5.10. The van der Waals surface area contributed by atoms with Gasteiger partial charge in [0.1, 0.15) is 0 Å². The standard InChI is InChI=1S/C7H12O/c1-2-4-6-8-7-5-3-1/h4,6H,1-3,5,7H2/b6-4-. The van der Waals surface area contributed by atoms with Crippen LogP contribution in [-0.2, 0) is 4.74 Å². The van der Waals surface area contributed by atoms with E-state index in [1.807, 2.05) is 6.26 Å². The predicted octanol–water partition coefficient (Wildman–Crippen LogP) is 2.09. The van der Waals surface area contributed by atoms with Crippen molar-refractivity contribution < 1.29 is 4.74 Å². The molecule has 0 N–H and O–H groups in total. The molecule has 0 spiro atoms. The van der Waals surface area contributed by atoms with Crippen molar-refractivity contribution in [2.45, 2.75) is 25.7 Å². The van der Waals surface area contributed by atoms with Crippen LogP contribution in [0.5, 0.6) is 0 Å². The molecule has 0 aromatic carbocycles. The summed E-state index contributed by atoms with van der Waals surface area (Å²) in [5.74, 6) is 0. The van der Waals surface area contributed by atoms with E-state index in [9.17, 15) is 0 Å². The van der Waals surface area contributed by atoms with Gasteiger partial charge in [-0.25, -0.2) is 0 Å². The summed E-state index contributed by atoms with van der Waals surface area (Å²) in [7, 11) is 0. The fraction of sp³-hybridized carbons (Fsp3) is 0.714. The van der Waals surface area contributed by atoms with Crippen molar-refractivity contribution >= 4 is 0 Å². The Morgan fingerprint density at radius 2 is 2.12 bits per heavy atom. The second-order valence-corrected chi connectivity index (χ2v) is 2.09. The summed E-state index contributed by atoms with van der Waals surface area (Å²) in [6, 6.07) is 0. The molecule has 1 aliphatic heterocycles. The zero-order valence-corrected chi connectivity index (χ0v) is 5.10. The van der Waals surface area contributed by atoms with Crippen molar-refractivity contribution in [3.8, 4) is 0 Å². The summed E-state index contributed by atoms with van der Waals surface area (Å²) in [6.45, 7) is 0.913. The Hall–Kier alpha value is -0.460. The van der Waals surface area contributed by atoms with E-state index in [2.05, 4.69) is 6.08 Å². The summed E-state index contributed by atoms with van der Waals surface area (Å²) in [6.07, 6.45) is 8.99. The molecule has 0 bridgehead atoms. The lowest BCUT2D eigenvalue weighted by Crippen LogP contribution is -1.90. The average molecular weight is 112 g/mol. The number of hydrogen-bond donors (Lipinski definition) is 0. The molecule has 0 atom stereocenters. The minimum Gasteiger partial charge on any atom is -0.502 e. The molecule has 0 unspecified atom stereocenters. The lowest BCUT2D eigenvalue weighted by molar-refractivity contribution is 0.235. The van der Waals surface area contributed by atoms with Crippen LogP contribution in [-0.4, -0.2) is 6.61 Å². The molecule has 0 radical (unpaired) electrons. The van der Waals surface area contributed by atoms with Crippen LogP contribution in [0.3, 0.4) is 0 Å². The maximum atomic E-state index is 5.09. The highest BCUT2D eigenvalue weighted by Crippen LogP contribution is 2.04. The fourth-order valence-electron chi connectivity index (χ4n) is 0.828. The summed E-state index contributed by atoms with van der Waals surface area (Å²) >= 11 is 0. The second-order valence-electron chi connectivity index (χ2n) is 2.09. The van der Waals surface area contributed by atoms with Crippen LogP contribution < -0.4 is 0 Å². The van der Waals surface area contributed by atoms with Crippen molar-refractivity contribution in [2.75, 3.05) is 6.61 Å². The van der Waals surface area contributed by atoms with Crippen molar-refractivity contribution in [3.63, 3.8) is 0 Å². The first-order valence-electron chi connectivity index (χ1n) is 3.27. The second kappa shape index (κ2) is 3.53. The van der Waals surface area contributed by atoms with Gasteiger partial charge in [-0.2, -0.15) is 0 Å². The molecule has 8 heavy (non-hydrogen) atoms. The molecule has 0 aliphatic carbocycles. The Morgan fingerprint density at radius 3 is 3.12 bits per heavy atom. The van der Waals surface area contributed by atoms with Crippen LogP contribution in [0.1, 0.15) is 25.7 Å². The van der Waals surface area contributed by atoms with Gasteiger partial charge in [0.15, 0.2) is 0 Å². The van der Waals surface area contributed by atoms with E-state index in [0.717, 1.165) is 6.61 Å². The van der Waals surface area contributed by atoms with Crippen molar-refractivity contribution in [1.29, 1.82) is 0 Å².